The van der Waals surface area contributed by atoms with Crippen LogP contribution in [0.5, 0.6) is 0 Å². The van der Waals surface area contributed by atoms with Gasteiger partial charge in [0, 0.05) is 19.3 Å². The molecule has 0 saturated heterocycles. The molecule has 24 heavy (non-hydrogen) atoms. The zero-order valence-corrected chi connectivity index (χ0v) is 15.8. The molecule has 0 saturated carbocycles. The quantitative estimate of drug-likeness (QED) is 0.697. The van der Waals surface area contributed by atoms with E-state index in [1.165, 1.54) is 0 Å². The second kappa shape index (κ2) is 13.4. The molecular weight excluding hydrogens is 300 g/mol. The predicted octanol–water partition coefficient (Wildman–Crippen LogP) is 3.90. The molecule has 0 radical (unpaired) electrons. The van der Waals surface area contributed by atoms with Crippen molar-refractivity contribution in [1.29, 1.82) is 0 Å². The van der Waals surface area contributed by atoms with Gasteiger partial charge in [-0.15, -0.1) is 0 Å². The number of rotatable bonds is 9. The van der Waals surface area contributed by atoms with E-state index >= 15 is 0 Å². The maximum atomic E-state index is 11.8. The second-order valence-corrected chi connectivity index (χ2v) is 5.04. The average molecular weight is 332 g/mol. The van der Waals surface area contributed by atoms with Gasteiger partial charge in [-0.05, 0) is 44.4 Å². The van der Waals surface area contributed by atoms with E-state index in [0.717, 1.165) is 36.6 Å². The second-order valence-electron chi connectivity index (χ2n) is 5.04. The summed E-state index contributed by atoms with van der Waals surface area (Å²) < 4.78 is 0. The van der Waals surface area contributed by atoms with Crippen molar-refractivity contribution < 1.29 is 4.79 Å². The van der Waals surface area contributed by atoms with Crippen LogP contribution in [0.2, 0.25) is 0 Å². The third kappa shape index (κ3) is 8.58. The summed E-state index contributed by atoms with van der Waals surface area (Å²) in [6, 6.07) is 5.76. The molecule has 0 heterocycles. The SMILES string of the molecule is C=Nc1ccc(C)cc1N=CCC(=O)NCCN(CC)CC.CC. The number of likely N-dealkylation sites (N-methyl/N-ethyl adjacent to an activating group) is 1. The Morgan fingerprint density at radius 3 is 2.50 bits per heavy atom. The fourth-order valence-corrected chi connectivity index (χ4v) is 2.06. The van der Waals surface area contributed by atoms with E-state index in [0.29, 0.717) is 6.54 Å². The highest BCUT2D eigenvalue weighted by molar-refractivity contribution is 5.91. The zero-order valence-electron chi connectivity index (χ0n) is 15.8. The standard InChI is InChI=1S/C17H26N4O.C2H6/c1-5-21(6-2)12-11-20-17(22)9-10-19-16-13-14(3)7-8-15(16)18-4;1-2/h7-8,10,13H,4-6,9,11-12H2,1-3H3,(H,20,22);1-2H3. The third-order valence-corrected chi connectivity index (χ3v) is 3.45. The van der Waals surface area contributed by atoms with Gasteiger partial charge in [-0.2, -0.15) is 0 Å². The minimum absolute atomic E-state index is 0.0170. The van der Waals surface area contributed by atoms with Gasteiger partial charge in [-0.3, -0.25) is 14.8 Å². The summed E-state index contributed by atoms with van der Waals surface area (Å²) in [7, 11) is 0. The first-order chi connectivity index (χ1) is 11.6. The van der Waals surface area contributed by atoms with Gasteiger partial charge in [0.05, 0.1) is 17.8 Å². The van der Waals surface area contributed by atoms with Crippen LogP contribution in [-0.4, -0.2) is 49.9 Å². The summed E-state index contributed by atoms with van der Waals surface area (Å²) in [6.07, 6.45) is 1.89. The molecule has 5 heteroatoms. The number of hydrogen-bond donors (Lipinski definition) is 1. The summed E-state index contributed by atoms with van der Waals surface area (Å²) in [4.78, 5) is 22.3. The molecule has 134 valence electrons. The molecular formula is C19H32N4O. The van der Waals surface area contributed by atoms with Gasteiger partial charge in [0.1, 0.15) is 0 Å². The summed E-state index contributed by atoms with van der Waals surface area (Å²) in [5.74, 6) is -0.0170. The molecule has 0 atom stereocenters. The molecule has 0 fully saturated rings. The van der Waals surface area contributed by atoms with Crippen molar-refractivity contribution in [2.24, 2.45) is 9.98 Å². The van der Waals surface area contributed by atoms with Crippen LogP contribution in [0.3, 0.4) is 0 Å². The monoisotopic (exact) mass is 332 g/mol. The number of carbonyl (C=O) groups excluding carboxylic acids is 1. The molecule has 0 spiro atoms. The van der Waals surface area contributed by atoms with E-state index in [2.05, 4.69) is 40.8 Å². The molecule has 0 unspecified atom stereocenters. The lowest BCUT2D eigenvalue weighted by Gasteiger charge is -2.17. The summed E-state index contributed by atoms with van der Waals surface area (Å²) in [5, 5.41) is 2.90. The predicted molar refractivity (Wildman–Crippen MR) is 105 cm³/mol. The summed E-state index contributed by atoms with van der Waals surface area (Å²) >= 11 is 0. The van der Waals surface area contributed by atoms with Crippen LogP contribution in [0.25, 0.3) is 0 Å². The smallest absolute Gasteiger partial charge is 0.225 e. The lowest BCUT2D eigenvalue weighted by atomic mass is 10.2. The lowest BCUT2D eigenvalue weighted by molar-refractivity contribution is -0.119. The fourth-order valence-electron chi connectivity index (χ4n) is 2.06. The van der Waals surface area contributed by atoms with E-state index in [9.17, 15) is 4.79 Å². The number of benzene rings is 1. The summed E-state index contributed by atoms with van der Waals surface area (Å²) in [6.45, 7) is 17.3. The molecule has 0 aliphatic carbocycles. The van der Waals surface area contributed by atoms with Crippen molar-refractivity contribution in [2.75, 3.05) is 26.2 Å². The fraction of sp³-hybridized carbons (Fsp3) is 0.526. The van der Waals surface area contributed by atoms with Crippen molar-refractivity contribution >= 4 is 30.2 Å². The number of amides is 1. The molecule has 5 nitrogen and oxygen atoms in total. The van der Waals surface area contributed by atoms with Gasteiger partial charge in [-0.25, -0.2) is 0 Å². The Hall–Kier alpha value is -2.01. The minimum Gasteiger partial charge on any atom is -0.354 e. The van der Waals surface area contributed by atoms with Crippen LogP contribution in [0, 0.1) is 6.92 Å². The molecule has 0 aliphatic rings. The molecule has 1 amide bonds. The number of aryl methyl sites for hydroxylation is 1. The van der Waals surface area contributed by atoms with Gasteiger partial charge in [-0.1, -0.05) is 33.8 Å². The van der Waals surface area contributed by atoms with Gasteiger partial charge in [0.25, 0.3) is 0 Å². The highest BCUT2D eigenvalue weighted by atomic mass is 16.1. The molecule has 1 aromatic carbocycles. The molecule has 0 aromatic heterocycles. The molecule has 1 aromatic rings. The topological polar surface area (TPSA) is 57.1 Å². The van der Waals surface area contributed by atoms with E-state index in [-0.39, 0.29) is 12.3 Å². The first kappa shape index (κ1) is 22.0. The van der Waals surface area contributed by atoms with Crippen LogP contribution >= 0.6 is 0 Å². The molecule has 1 rings (SSSR count). The maximum Gasteiger partial charge on any atom is 0.225 e. The largest absolute Gasteiger partial charge is 0.354 e. The van der Waals surface area contributed by atoms with E-state index in [1.807, 2.05) is 39.0 Å². The third-order valence-electron chi connectivity index (χ3n) is 3.45. The van der Waals surface area contributed by atoms with Crippen molar-refractivity contribution in [3.8, 4) is 0 Å². The number of aliphatic imine (C=N–C) groups is 2. The van der Waals surface area contributed by atoms with Crippen LogP contribution in [0.1, 0.15) is 39.7 Å². The minimum atomic E-state index is -0.0170. The highest BCUT2D eigenvalue weighted by Gasteiger charge is 2.02. The van der Waals surface area contributed by atoms with Gasteiger partial charge in [0.15, 0.2) is 0 Å². The molecule has 1 N–H and O–H groups in total. The lowest BCUT2D eigenvalue weighted by Crippen LogP contribution is -2.34. The first-order valence-electron chi connectivity index (χ1n) is 8.69. The normalized spacial score (nSPS) is 10.4. The van der Waals surface area contributed by atoms with Crippen LogP contribution < -0.4 is 5.32 Å². The van der Waals surface area contributed by atoms with Crippen molar-refractivity contribution in [3.05, 3.63) is 23.8 Å². The Morgan fingerprint density at radius 2 is 1.92 bits per heavy atom. The first-order valence-corrected chi connectivity index (χ1v) is 8.69. The Morgan fingerprint density at radius 1 is 1.25 bits per heavy atom. The summed E-state index contributed by atoms with van der Waals surface area (Å²) in [5.41, 5.74) is 2.57. The zero-order chi connectivity index (χ0) is 18.4. The van der Waals surface area contributed by atoms with Crippen molar-refractivity contribution in [1.82, 2.24) is 10.2 Å². The van der Waals surface area contributed by atoms with Gasteiger partial charge < -0.3 is 10.2 Å². The van der Waals surface area contributed by atoms with Crippen LogP contribution in [-0.2, 0) is 4.79 Å². The molecule has 0 aliphatic heterocycles. The van der Waals surface area contributed by atoms with Crippen LogP contribution in [0.4, 0.5) is 11.4 Å². The van der Waals surface area contributed by atoms with E-state index in [4.69, 9.17) is 0 Å². The average Bonchev–Trinajstić information content (AvgIpc) is 2.61. The Balaban J connectivity index is 0.00000254. The number of nitrogens with zero attached hydrogens (tertiary/aromatic N) is 3. The Labute approximate surface area is 146 Å². The van der Waals surface area contributed by atoms with Gasteiger partial charge >= 0.3 is 0 Å². The Bertz CT molecular complexity index is 522. The van der Waals surface area contributed by atoms with Crippen molar-refractivity contribution in [2.45, 2.75) is 41.0 Å². The maximum absolute atomic E-state index is 11.8. The van der Waals surface area contributed by atoms with Crippen molar-refractivity contribution in [3.63, 3.8) is 0 Å². The Kier molecular flexibility index (Phi) is 12.3. The number of carbonyl (C=O) groups is 1. The van der Waals surface area contributed by atoms with Crippen LogP contribution in [0.15, 0.2) is 28.2 Å². The number of hydrogen-bond acceptors (Lipinski definition) is 4. The van der Waals surface area contributed by atoms with Gasteiger partial charge in [0.2, 0.25) is 5.91 Å². The molecule has 0 bridgehead atoms. The van der Waals surface area contributed by atoms with E-state index < -0.39 is 0 Å². The number of nitrogens with one attached hydrogen (secondary N) is 1. The highest BCUT2D eigenvalue weighted by Crippen LogP contribution is 2.27. The van der Waals surface area contributed by atoms with E-state index in [1.54, 1.807) is 6.21 Å².